The Morgan fingerprint density at radius 2 is 1.78 bits per heavy atom. The lowest BCUT2D eigenvalue weighted by Gasteiger charge is -2.08. The monoisotopic (exact) mass is 362 g/mol. The van der Waals surface area contributed by atoms with Gasteiger partial charge < -0.3 is 9.47 Å². The molecular formula is C19H18N6O2. The Hall–Kier alpha value is -3.68. The summed E-state index contributed by atoms with van der Waals surface area (Å²) in [5.41, 5.74) is 1.28. The molecule has 0 aliphatic carbocycles. The van der Waals surface area contributed by atoms with Gasteiger partial charge in [-0.05, 0) is 30.3 Å². The van der Waals surface area contributed by atoms with Crippen molar-refractivity contribution in [2.45, 2.75) is 6.17 Å². The highest BCUT2D eigenvalue weighted by Crippen LogP contribution is 2.33. The Balaban J connectivity index is 1.92. The molecule has 0 saturated heterocycles. The fourth-order valence-electron chi connectivity index (χ4n) is 2.20. The van der Waals surface area contributed by atoms with Crippen LogP contribution >= 0.6 is 0 Å². The normalized spacial score (nSPS) is 12.4. The molecule has 1 unspecified atom stereocenters. The van der Waals surface area contributed by atoms with E-state index in [2.05, 4.69) is 30.4 Å². The summed E-state index contributed by atoms with van der Waals surface area (Å²) in [5.74, 6) is 1.71. The van der Waals surface area contributed by atoms with Crippen LogP contribution in [0.1, 0.15) is 11.7 Å². The SMILES string of the molecule is COc1ccc(OC)c(N=NC(N=Nc2ccccn2)c2cccnc2)c1. The maximum atomic E-state index is 5.33. The van der Waals surface area contributed by atoms with E-state index in [4.69, 9.17) is 9.47 Å². The molecule has 1 aromatic carbocycles. The summed E-state index contributed by atoms with van der Waals surface area (Å²) in [4.78, 5) is 8.24. The van der Waals surface area contributed by atoms with E-state index in [9.17, 15) is 0 Å². The first-order chi connectivity index (χ1) is 13.3. The Morgan fingerprint density at radius 3 is 2.48 bits per heavy atom. The first-order valence-corrected chi connectivity index (χ1v) is 8.15. The third kappa shape index (κ3) is 4.91. The Labute approximate surface area is 156 Å². The van der Waals surface area contributed by atoms with Gasteiger partial charge in [-0.1, -0.05) is 12.1 Å². The lowest BCUT2D eigenvalue weighted by molar-refractivity contribution is 0.404. The molecule has 3 aromatic rings. The average Bonchev–Trinajstić information content (AvgIpc) is 2.75. The van der Waals surface area contributed by atoms with E-state index >= 15 is 0 Å². The van der Waals surface area contributed by atoms with Crippen molar-refractivity contribution in [1.29, 1.82) is 0 Å². The van der Waals surface area contributed by atoms with E-state index in [0.29, 0.717) is 23.0 Å². The minimum Gasteiger partial charge on any atom is -0.497 e. The second-order valence-corrected chi connectivity index (χ2v) is 5.32. The van der Waals surface area contributed by atoms with Gasteiger partial charge in [0.15, 0.2) is 5.82 Å². The number of rotatable bonds is 7. The summed E-state index contributed by atoms with van der Waals surface area (Å²) in [6.07, 6.45) is 4.33. The quantitative estimate of drug-likeness (QED) is 0.549. The highest BCUT2D eigenvalue weighted by molar-refractivity contribution is 5.55. The predicted molar refractivity (Wildman–Crippen MR) is 99.8 cm³/mol. The number of aromatic nitrogens is 2. The number of hydrogen-bond acceptors (Lipinski definition) is 8. The van der Waals surface area contributed by atoms with Crippen LogP contribution in [0.3, 0.4) is 0 Å². The van der Waals surface area contributed by atoms with Gasteiger partial charge in [0.2, 0.25) is 6.17 Å². The van der Waals surface area contributed by atoms with Crippen LogP contribution in [0, 0.1) is 0 Å². The van der Waals surface area contributed by atoms with E-state index < -0.39 is 6.17 Å². The van der Waals surface area contributed by atoms with Gasteiger partial charge in [-0.3, -0.25) is 4.98 Å². The molecule has 0 aliphatic rings. The molecule has 0 bridgehead atoms. The molecule has 0 fully saturated rings. The second-order valence-electron chi connectivity index (χ2n) is 5.32. The smallest absolute Gasteiger partial charge is 0.208 e. The van der Waals surface area contributed by atoms with Crippen LogP contribution in [0.15, 0.2) is 87.6 Å². The number of azo groups is 2. The number of hydrogen-bond donors (Lipinski definition) is 0. The van der Waals surface area contributed by atoms with Crippen LogP contribution in [0.4, 0.5) is 11.5 Å². The van der Waals surface area contributed by atoms with E-state index in [1.54, 1.807) is 63.1 Å². The van der Waals surface area contributed by atoms with Crippen molar-refractivity contribution in [2.75, 3.05) is 14.2 Å². The highest BCUT2D eigenvalue weighted by Gasteiger charge is 2.11. The number of pyridine rings is 2. The van der Waals surface area contributed by atoms with Gasteiger partial charge in [0.25, 0.3) is 0 Å². The summed E-state index contributed by atoms with van der Waals surface area (Å²) in [7, 11) is 3.16. The Bertz CT molecular complexity index is 916. The topological polar surface area (TPSA) is 93.7 Å². The summed E-state index contributed by atoms with van der Waals surface area (Å²) in [6, 6.07) is 14.4. The molecule has 0 spiro atoms. The van der Waals surface area contributed by atoms with E-state index in [-0.39, 0.29) is 0 Å². The minimum absolute atomic E-state index is 0.487. The van der Waals surface area contributed by atoms with Crippen molar-refractivity contribution in [2.24, 2.45) is 20.5 Å². The van der Waals surface area contributed by atoms with Gasteiger partial charge in [0, 0.05) is 30.2 Å². The van der Waals surface area contributed by atoms with Crippen molar-refractivity contribution in [1.82, 2.24) is 9.97 Å². The Kier molecular flexibility index (Phi) is 6.13. The summed E-state index contributed by atoms with van der Waals surface area (Å²) in [5, 5.41) is 17.0. The van der Waals surface area contributed by atoms with Crippen molar-refractivity contribution in [3.05, 3.63) is 72.7 Å². The Morgan fingerprint density at radius 1 is 0.889 bits per heavy atom. The first kappa shape index (κ1) is 18.1. The molecule has 27 heavy (non-hydrogen) atoms. The molecule has 3 rings (SSSR count). The summed E-state index contributed by atoms with van der Waals surface area (Å²) in [6.45, 7) is 0. The number of nitrogens with zero attached hydrogens (tertiary/aromatic N) is 6. The van der Waals surface area contributed by atoms with Crippen molar-refractivity contribution in [3.8, 4) is 11.5 Å². The standard InChI is InChI=1S/C19H18N6O2/c1-26-15-8-9-17(27-2)16(12-15)22-24-19(14-6-5-10-20-13-14)25-23-18-7-3-4-11-21-18/h3-13,19H,1-2H3. The van der Waals surface area contributed by atoms with Gasteiger partial charge in [-0.2, -0.15) is 10.2 Å². The average molecular weight is 362 g/mol. The third-order valence-corrected chi connectivity index (χ3v) is 3.56. The highest BCUT2D eigenvalue weighted by atomic mass is 16.5. The van der Waals surface area contributed by atoms with Gasteiger partial charge in [-0.15, -0.1) is 10.2 Å². The molecule has 0 amide bonds. The van der Waals surface area contributed by atoms with Crippen LogP contribution in [0.25, 0.3) is 0 Å². The fourth-order valence-corrected chi connectivity index (χ4v) is 2.20. The zero-order valence-corrected chi connectivity index (χ0v) is 14.9. The maximum Gasteiger partial charge on any atom is 0.208 e. The molecule has 2 aromatic heterocycles. The maximum absolute atomic E-state index is 5.33. The van der Waals surface area contributed by atoms with Crippen LogP contribution in [0.5, 0.6) is 11.5 Å². The van der Waals surface area contributed by atoms with E-state index in [1.807, 2.05) is 18.2 Å². The largest absolute Gasteiger partial charge is 0.497 e. The summed E-state index contributed by atoms with van der Waals surface area (Å²) >= 11 is 0. The number of methoxy groups -OCH3 is 2. The van der Waals surface area contributed by atoms with Gasteiger partial charge in [0.05, 0.1) is 14.2 Å². The summed E-state index contributed by atoms with van der Waals surface area (Å²) < 4.78 is 10.6. The van der Waals surface area contributed by atoms with Crippen LogP contribution in [-0.2, 0) is 0 Å². The van der Waals surface area contributed by atoms with Gasteiger partial charge in [-0.25, -0.2) is 4.98 Å². The molecule has 0 radical (unpaired) electrons. The minimum atomic E-state index is -0.670. The number of benzene rings is 1. The lowest BCUT2D eigenvalue weighted by Crippen LogP contribution is -1.92. The van der Waals surface area contributed by atoms with Crippen molar-refractivity contribution >= 4 is 11.5 Å². The van der Waals surface area contributed by atoms with E-state index in [0.717, 1.165) is 5.56 Å². The number of ether oxygens (including phenoxy) is 2. The zero-order chi connectivity index (χ0) is 18.9. The van der Waals surface area contributed by atoms with Crippen molar-refractivity contribution < 1.29 is 9.47 Å². The fraction of sp³-hybridized carbons (Fsp3) is 0.158. The molecule has 2 heterocycles. The molecule has 8 nitrogen and oxygen atoms in total. The molecule has 136 valence electrons. The van der Waals surface area contributed by atoms with Crippen LogP contribution in [-0.4, -0.2) is 24.2 Å². The van der Waals surface area contributed by atoms with Crippen molar-refractivity contribution in [3.63, 3.8) is 0 Å². The molecule has 0 N–H and O–H groups in total. The third-order valence-electron chi connectivity index (χ3n) is 3.56. The first-order valence-electron chi connectivity index (χ1n) is 8.15. The van der Waals surface area contributed by atoms with Crippen LogP contribution < -0.4 is 9.47 Å². The molecule has 8 heteroatoms. The molecule has 0 saturated carbocycles. The molecule has 1 atom stereocenters. The predicted octanol–water partition coefficient (Wildman–Crippen LogP) is 5.06. The van der Waals surface area contributed by atoms with Gasteiger partial charge >= 0.3 is 0 Å². The lowest BCUT2D eigenvalue weighted by atomic mass is 10.2. The van der Waals surface area contributed by atoms with Crippen LogP contribution in [0.2, 0.25) is 0 Å². The van der Waals surface area contributed by atoms with E-state index in [1.165, 1.54) is 0 Å². The molecular weight excluding hydrogens is 344 g/mol. The second kappa shape index (κ2) is 9.14. The molecule has 0 aliphatic heterocycles. The van der Waals surface area contributed by atoms with Gasteiger partial charge in [0.1, 0.15) is 17.2 Å². The zero-order valence-electron chi connectivity index (χ0n) is 14.9.